The highest BCUT2D eigenvalue weighted by atomic mass is 16.5. The molecule has 0 saturated heterocycles. The van der Waals surface area contributed by atoms with Crippen LogP contribution in [0.4, 0.5) is 0 Å². The van der Waals surface area contributed by atoms with Crippen molar-refractivity contribution in [1.29, 1.82) is 0 Å². The minimum atomic E-state index is -0.770. The van der Waals surface area contributed by atoms with Crippen LogP contribution in [-0.4, -0.2) is 39.2 Å². The van der Waals surface area contributed by atoms with Gasteiger partial charge in [-0.15, -0.1) is 0 Å². The number of hydrogen-bond acceptors (Lipinski definition) is 6. The topological polar surface area (TPSA) is 117 Å². The van der Waals surface area contributed by atoms with E-state index >= 15 is 0 Å². The monoisotopic (exact) mass is 330 g/mol. The predicted octanol–water partition coefficient (Wildman–Crippen LogP) is 0.255. The van der Waals surface area contributed by atoms with Gasteiger partial charge in [-0.05, 0) is 30.5 Å². The predicted molar refractivity (Wildman–Crippen MR) is 82.6 cm³/mol. The van der Waals surface area contributed by atoms with Gasteiger partial charge in [0.05, 0.1) is 18.3 Å². The summed E-state index contributed by atoms with van der Waals surface area (Å²) in [6.45, 7) is 0.406. The highest BCUT2D eigenvalue weighted by molar-refractivity contribution is 5.91. The summed E-state index contributed by atoms with van der Waals surface area (Å²) in [4.78, 5) is 28.1. The summed E-state index contributed by atoms with van der Waals surface area (Å²) in [6.07, 6.45) is 4.61. The molecule has 3 N–H and O–H groups in total. The average Bonchev–Trinajstić information content (AvgIpc) is 3.24. The Morgan fingerprint density at radius 1 is 1.21 bits per heavy atom. The largest absolute Gasteiger partial charge is 0.391 e. The fraction of sp³-hybridized carbons (Fsp3) is 0.375. The van der Waals surface area contributed by atoms with Crippen molar-refractivity contribution in [3.63, 3.8) is 0 Å². The molecule has 126 valence electrons. The molecule has 0 bridgehead atoms. The van der Waals surface area contributed by atoms with Crippen LogP contribution in [0.2, 0.25) is 0 Å². The standard InChI is InChI=1S/C16H18N4O4/c21-13-8-11(15(22)18-9-10-1-4-17-5-2-10)7-12(13)20-16(23)14-3-6-19-24-14/h1-6,11-13,21H,7-9H2,(H,18,22)(H,20,23)/t11-,12+,13+/m0/s1. The molecular weight excluding hydrogens is 312 g/mol. The third kappa shape index (κ3) is 3.77. The number of carbonyl (C=O) groups excluding carboxylic acids is 2. The van der Waals surface area contributed by atoms with E-state index in [1.165, 1.54) is 12.3 Å². The van der Waals surface area contributed by atoms with Gasteiger partial charge in [-0.25, -0.2) is 0 Å². The van der Waals surface area contributed by atoms with Crippen LogP contribution in [-0.2, 0) is 11.3 Å². The fourth-order valence-electron chi connectivity index (χ4n) is 2.79. The third-order valence-corrected chi connectivity index (χ3v) is 4.09. The lowest BCUT2D eigenvalue weighted by molar-refractivity contribution is -0.125. The number of carbonyl (C=O) groups is 2. The van der Waals surface area contributed by atoms with E-state index in [1.807, 2.05) is 12.1 Å². The van der Waals surface area contributed by atoms with Crippen molar-refractivity contribution in [1.82, 2.24) is 20.8 Å². The molecule has 8 nitrogen and oxygen atoms in total. The maximum absolute atomic E-state index is 12.2. The van der Waals surface area contributed by atoms with Crippen LogP contribution in [0.5, 0.6) is 0 Å². The van der Waals surface area contributed by atoms with Crippen LogP contribution in [0.1, 0.15) is 29.0 Å². The highest BCUT2D eigenvalue weighted by Crippen LogP contribution is 2.26. The molecule has 0 radical (unpaired) electrons. The van der Waals surface area contributed by atoms with Crippen molar-refractivity contribution in [3.8, 4) is 0 Å². The van der Waals surface area contributed by atoms with E-state index in [4.69, 9.17) is 4.52 Å². The third-order valence-electron chi connectivity index (χ3n) is 4.09. The Balaban J connectivity index is 1.51. The molecule has 0 spiro atoms. The molecule has 0 aliphatic heterocycles. The Morgan fingerprint density at radius 2 is 2.00 bits per heavy atom. The van der Waals surface area contributed by atoms with Gasteiger partial charge in [0, 0.05) is 30.9 Å². The molecule has 3 atom stereocenters. The second kappa shape index (κ2) is 7.22. The number of aliphatic hydroxyl groups is 1. The van der Waals surface area contributed by atoms with Crippen LogP contribution >= 0.6 is 0 Å². The van der Waals surface area contributed by atoms with E-state index in [0.29, 0.717) is 19.4 Å². The lowest BCUT2D eigenvalue weighted by Gasteiger charge is -2.15. The molecule has 24 heavy (non-hydrogen) atoms. The van der Waals surface area contributed by atoms with Crippen molar-refractivity contribution in [2.75, 3.05) is 0 Å². The highest BCUT2D eigenvalue weighted by Gasteiger charge is 2.38. The quantitative estimate of drug-likeness (QED) is 0.724. The Morgan fingerprint density at radius 3 is 2.71 bits per heavy atom. The summed E-state index contributed by atoms with van der Waals surface area (Å²) in [7, 11) is 0. The number of nitrogens with one attached hydrogen (secondary N) is 2. The molecule has 1 aliphatic carbocycles. The van der Waals surface area contributed by atoms with Gasteiger partial charge in [0.2, 0.25) is 11.7 Å². The SMILES string of the molecule is O=C(N[C@@H]1C[C@H](C(=O)NCc2ccncc2)C[C@H]1O)c1ccno1. The summed E-state index contributed by atoms with van der Waals surface area (Å²) < 4.78 is 4.77. The molecule has 1 aliphatic rings. The first kappa shape index (κ1) is 16.1. The Hall–Kier alpha value is -2.74. The fourth-order valence-corrected chi connectivity index (χ4v) is 2.79. The second-order valence-electron chi connectivity index (χ2n) is 5.77. The van der Waals surface area contributed by atoms with Gasteiger partial charge >= 0.3 is 0 Å². The van der Waals surface area contributed by atoms with Gasteiger partial charge in [0.1, 0.15) is 0 Å². The van der Waals surface area contributed by atoms with Gasteiger partial charge in [-0.1, -0.05) is 5.16 Å². The smallest absolute Gasteiger partial charge is 0.290 e. The summed E-state index contributed by atoms with van der Waals surface area (Å²) in [5.41, 5.74) is 0.951. The van der Waals surface area contributed by atoms with E-state index in [1.54, 1.807) is 12.4 Å². The molecule has 0 aromatic carbocycles. The van der Waals surface area contributed by atoms with E-state index < -0.39 is 18.1 Å². The first-order valence-electron chi connectivity index (χ1n) is 7.69. The number of rotatable bonds is 5. The van der Waals surface area contributed by atoms with E-state index in [0.717, 1.165) is 5.56 Å². The average molecular weight is 330 g/mol. The Labute approximate surface area is 138 Å². The Kier molecular flexibility index (Phi) is 4.85. The van der Waals surface area contributed by atoms with E-state index in [-0.39, 0.29) is 17.6 Å². The molecular formula is C16H18N4O4. The van der Waals surface area contributed by atoms with Gasteiger partial charge in [0.25, 0.3) is 5.91 Å². The van der Waals surface area contributed by atoms with Crippen molar-refractivity contribution in [3.05, 3.63) is 48.1 Å². The minimum absolute atomic E-state index is 0.0767. The molecule has 2 aromatic rings. The zero-order chi connectivity index (χ0) is 16.9. The lowest BCUT2D eigenvalue weighted by Crippen LogP contribution is -2.40. The summed E-state index contributed by atoms with van der Waals surface area (Å²) in [5.74, 6) is -0.855. The van der Waals surface area contributed by atoms with Crippen molar-refractivity contribution >= 4 is 11.8 Å². The van der Waals surface area contributed by atoms with E-state index in [2.05, 4.69) is 20.8 Å². The lowest BCUT2D eigenvalue weighted by atomic mass is 10.1. The zero-order valence-corrected chi connectivity index (χ0v) is 12.9. The molecule has 2 aromatic heterocycles. The number of amides is 2. The number of aliphatic hydroxyl groups excluding tert-OH is 1. The van der Waals surface area contributed by atoms with Crippen LogP contribution in [0.15, 0.2) is 41.3 Å². The molecule has 0 unspecified atom stereocenters. The van der Waals surface area contributed by atoms with Gasteiger partial charge in [0.15, 0.2) is 0 Å². The van der Waals surface area contributed by atoms with Crippen LogP contribution in [0.25, 0.3) is 0 Å². The van der Waals surface area contributed by atoms with E-state index in [9.17, 15) is 14.7 Å². The molecule has 1 fully saturated rings. The summed E-state index contributed by atoms with van der Waals surface area (Å²) >= 11 is 0. The number of aromatic nitrogens is 2. The number of hydrogen-bond donors (Lipinski definition) is 3. The molecule has 2 heterocycles. The van der Waals surface area contributed by atoms with Crippen molar-refractivity contribution in [2.24, 2.45) is 5.92 Å². The van der Waals surface area contributed by atoms with Gasteiger partial charge in [-0.2, -0.15) is 0 Å². The van der Waals surface area contributed by atoms with Crippen molar-refractivity contribution < 1.29 is 19.2 Å². The second-order valence-corrected chi connectivity index (χ2v) is 5.77. The maximum Gasteiger partial charge on any atom is 0.290 e. The minimum Gasteiger partial charge on any atom is -0.391 e. The van der Waals surface area contributed by atoms with Crippen LogP contribution in [0.3, 0.4) is 0 Å². The van der Waals surface area contributed by atoms with Crippen LogP contribution in [0, 0.1) is 5.92 Å². The Bertz CT molecular complexity index is 689. The molecule has 3 rings (SSSR count). The van der Waals surface area contributed by atoms with Crippen molar-refractivity contribution in [2.45, 2.75) is 31.5 Å². The molecule has 2 amide bonds. The number of nitrogens with zero attached hydrogens (tertiary/aromatic N) is 2. The first-order valence-corrected chi connectivity index (χ1v) is 7.69. The number of pyridine rings is 1. The van der Waals surface area contributed by atoms with Crippen LogP contribution < -0.4 is 10.6 Å². The maximum atomic E-state index is 12.2. The first-order chi connectivity index (χ1) is 11.6. The summed E-state index contributed by atoms with van der Waals surface area (Å²) in [6, 6.07) is 4.60. The zero-order valence-electron chi connectivity index (χ0n) is 12.9. The summed E-state index contributed by atoms with van der Waals surface area (Å²) in [5, 5.41) is 19.1. The van der Waals surface area contributed by atoms with Gasteiger partial charge < -0.3 is 20.3 Å². The van der Waals surface area contributed by atoms with Gasteiger partial charge in [-0.3, -0.25) is 14.6 Å². The normalized spacial score (nSPS) is 23.0. The molecule has 1 saturated carbocycles. The molecule has 8 heteroatoms.